The topological polar surface area (TPSA) is 121 Å². The average molecular weight is 636 g/mol. The first-order chi connectivity index (χ1) is 21.3. The Hall–Kier alpha value is -4.89. The molecular formula is C32H29ClF3N7O2. The van der Waals surface area contributed by atoms with Crippen LogP contribution in [0, 0.1) is 35.7 Å². The van der Waals surface area contributed by atoms with E-state index in [2.05, 4.69) is 22.6 Å². The molecule has 1 atom stereocenters. The third-order valence-corrected chi connectivity index (χ3v) is 8.23. The van der Waals surface area contributed by atoms with Crippen LogP contribution < -0.4 is 16.2 Å². The molecule has 2 N–H and O–H groups in total. The lowest BCUT2D eigenvalue weighted by atomic mass is 10.0. The number of fused-ring (bicyclic) bond motifs is 1. The van der Waals surface area contributed by atoms with E-state index in [0.29, 0.717) is 16.9 Å². The van der Waals surface area contributed by atoms with Crippen LogP contribution in [0.3, 0.4) is 0 Å². The number of nitrogen functional groups attached to an aromatic ring is 1. The first-order valence-corrected chi connectivity index (χ1v) is 14.5. The van der Waals surface area contributed by atoms with Gasteiger partial charge in [-0.2, -0.15) is 5.26 Å². The molecule has 9 nitrogen and oxygen atoms in total. The second-order valence-electron chi connectivity index (χ2n) is 11.2. The number of anilines is 2. The Morgan fingerprint density at radius 2 is 1.91 bits per heavy atom. The maximum absolute atomic E-state index is 15.2. The van der Waals surface area contributed by atoms with Gasteiger partial charge in [0.2, 0.25) is 5.91 Å². The second-order valence-corrected chi connectivity index (χ2v) is 11.6. The third-order valence-electron chi connectivity index (χ3n) is 7.94. The van der Waals surface area contributed by atoms with Crippen molar-refractivity contribution in [2.24, 2.45) is 0 Å². The fraction of sp³-hybridized carbons (Fsp3) is 0.281. The van der Waals surface area contributed by atoms with Crippen LogP contribution in [0.25, 0.3) is 28.0 Å². The van der Waals surface area contributed by atoms with E-state index in [1.807, 2.05) is 25.7 Å². The summed E-state index contributed by atoms with van der Waals surface area (Å²) in [6.07, 6.45) is 2.82. The van der Waals surface area contributed by atoms with E-state index < -0.39 is 34.3 Å². The number of piperazine rings is 1. The average Bonchev–Trinajstić information content (AvgIpc) is 3.01. The highest BCUT2D eigenvalue weighted by molar-refractivity contribution is 6.34. The third kappa shape index (κ3) is 5.17. The molecule has 0 aliphatic carbocycles. The molecule has 45 heavy (non-hydrogen) atoms. The maximum Gasteiger partial charge on any atom is 0.276 e. The zero-order valence-electron chi connectivity index (χ0n) is 25.0. The summed E-state index contributed by atoms with van der Waals surface area (Å²) in [5.74, 6) is -5.33. The van der Waals surface area contributed by atoms with Crippen molar-refractivity contribution in [2.75, 3.05) is 30.3 Å². The van der Waals surface area contributed by atoms with Crippen molar-refractivity contribution >= 4 is 39.9 Å². The van der Waals surface area contributed by atoms with Gasteiger partial charge < -0.3 is 15.5 Å². The molecule has 232 valence electrons. The monoisotopic (exact) mass is 635 g/mol. The Labute approximate surface area is 262 Å². The van der Waals surface area contributed by atoms with Crippen molar-refractivity contribution in [1.82, 2.24) is 19.4 Å². The van der Waals surface area contributed by atoms with Crippen LogP contribution in [0.2, 0.25) is 5.02 Å². The first kappa shape index (κ1) is 31.5. The molecule has 0 saturated carbocycles. The smallest absolute Gasteiger partial charge is 0.276 e. The summed E-state index contributed by atoms with van der Waals surface area (Å²) in [5.41, 5.74) is 4.98. The fourth-order valence-electron chi connectivity index (χ4n) is 5.76. The van der Waals surface area contributed by atoms with Gasteiger partial charge in [0.1, 0.15) is 17.3 Å². The van der Waals surface area contributed by atoms with Crippen LogP contribution in [-0.2, 0) is 4.79 Å². The van der Waals surface area contributed by atoms with Crippen LogP contribution in [-0.4, -0.2) is 51.0 Å². The SMILES string of the molecule is C=CC(=O)N1CCN(c2c(C#N)c(=O)n(-c3c(C)ccnc3C(C)C)c3nc(-c4cc(N)c(F)c(F)c4F)c(Cl)cc23)[C@@H](C)C1. The normalized spacial score (nSPS) is 15.1. The van der Waals surface area contributed by atoms with E-state index in [9.17, 15) is 23.6 Å². The van der Waals surface area contributed by atoms with Gasteiger partial charge in [0.05, 0.1) is 33.5 Å². The van der Waals surface area contributed by atoms with Gasteiger partial charge in [0.15, 0.2) is 17.5 Å². The van der Waals surface area contributed by atoms with Gasteiger partial charge in [0.25, 0.3) is 5.56 Å². The molecule has 5 rings (SSSR count). The minimum Gasteiger partial charge on any atom is -0.396 e. The van der Waals surface area contributed by atoms with Gasteiger partial charge in [0, 0.05) is 42.8 Å². The number of pyridine rings is 3. The zero-order chi connectivity index (χ0) is 32.9. The summed E-state index contributed by atoms with van der Waals surface area (Å²) in [5, 5.41) is 10.5. The highest BCUT2D eigenvalue weighted by Crippen LogP contribution is 2.39. The van der Waals surface area contributed by atoms with Crippen molar-refractivity contribution in [3.05, 3.63) is 86.7 Å². The molecule has 1 amide bonds. The molecule has 1 aliphatic rings. The number of carbonyl (C=O) groups is 1. The highest BCUT2D eigenvalue weighted by atomic mass is 35.5. The number of nitrogens with two attached hydrogens (primary N) is 1. The van der Waals surface area contributed by atoms with Crippen LogP contribution in [0.4, 0.5) is 24.5 Å². The van der Waals surface area contributed by atoms with E-state index in [1.54, 1.807) is 24.1 Å². The lowest BCUT2D eigenvalue weighted by molar-refractivity contribution is -0.126. The molecule has 0 bridgehead atoms. The van der Waals surface area contributed by atoms with E-state index in [4.69, 9.17) is 17.3 Å². The number of aromatic nitrogens is 3. The molecule has 0 radical (unpaired) electrons. The number of halogens is 4. The molecule has 1 aliphatic heterocycles. The van der Waals surface area contributed by atoms with E-state index in [0.717, 1.165) is 6.07 Å². The number of benzene rings is 1. The molecule has 1 aromatic carbocycles. The number of aryl methyl sites for hydroxylation is 1. The summed E-state index contributed by atoms with van der Waals surface area (Å²) < 4.78 is 45.0. The van der Waals surface area contributed by atoms with Crippen molar-refractivity contribution in [3.63, 3.8) is 0 Å². The minimum absolute atomic E-state index is 0.0223. The largest absolute Gasteiger partial charge is 0.396 e. The van der Waals surface area contributed by atoms with Gasteiger partial charge in [-0.3, -0.25) is 19.1 Å². The predicted octanol–water partition coefficient (Wildman–Crippen LogP) is 5.63. The molecule has 3 aromatic heterocycles. The van der Waals surface area contributed by atoms with Crippen molar-refractivity contribution < 1.29 is 18.0 Å². The van der Waals surface area contributed by atoms with E-state index >= 15 is 4.39 Å². The number of amides is 1. The van der Waals surface area contributed by atoms with Crippen LogP contribution in [0.15, 0.2) is 41.8 Å². The zero-order valence-corrected chi connectivity index (χ0v) is 25.7. The van der Waals surface area contributed by atoms with Crippen molar-refractivity contribution in [1.29, 1.82) is 5.26 Å². The summed E-state index contributed by atoms with van der Waals surface area (Å²) in [6, 6.07) is 5.70. The Kier molecular flexibility index (Phi) is 8.33. The summed E-state index contributed by atoms with van der Waals surface area (Å²) in [6.45, 7) is 11.7. The Bertz CT molecular complexity index is 2000. The van der Waals surface area contributed by atoms with Crippen LogP contribution in [0.5, 0.6) is 0 Å². The number of nitrogens with zero attached hydrogens (tertiary/aromatic N) is 6. The quantitative estimate of drug-likeness (QED) is 0.171. The number of hydrogen-bond donors (Lipinski definition) is 1. The van der Waals surface area contributed by atoms with Gasteiger partial charge in [-0.15, -0.1) is 0 Å². The first-order valence-electron chi connectivity index (χ1n) is 14.1. The molecule has 1 saturated heterocycles. The van der Waals surface area contributed by atoms with Crippen molar-refractivity contribution in [2.45, 2.75) is 39.7 Å². The summed E-state index contributed by atoms with van der Waals surface area (Å²) in [4.78, 5) is 39.3. The molecular weight excluding hydrogens is 607 g/mol. The van der Waals surface area contributed by atoms with Gasteiger partial charge in [-0.1, -0.05) is 32.0 Å². The predicted molar refractivity (Wildman–Crippen MR) is 167 cm³/mol. The summed E-state index contributed by atoms with van der Waals surface area (Å²) >= 11 is 6.68. The highest BCUT2D eigenvalue weighted by Gasteiger charge is 2.33. The Balaban J connectivity index is 1.92. The molecule has 0 spiro atoms. The van der Waals surface area contributed by atoms with E-state index in [-0.39, 0.29) is 70.5 Å². The Morgan fingerprint density at radius 3 is 2.53 bits per heavy atom. The Morgan fingerprint density at radius 1 is 1.20 bits per heavy atom. The lowest BCUT2D eigenvalue weighted by Gasteiger charge is -2.41. The standard InChI is InChI=1S/C32H29ClF3N7O2/c1-6-23(44)41-9-10-42(17(5)14-41)30-19-11-21(33)28(18-12-22(38)25(35)26(36)24(18)34)40-31(19)43(32(45)20(30)13-37)29-16(4)7-8-39-27(29)15(2)3/h6-8,11-12,15,17H,1,9-10,14,38H2,2-5H3/t17-/m0/s1. The van der Waals surface area contributed by atoms with Gasteiger partial charge in [-0.25, -0.2) is 18.2 Å². The summed E-state index contributed by atoms with van der Waals surface area (Å²) in [7, 11) is 0. The molecule has 1 fully saturated rings. The molecule has 4 aromatic rings. The maximum atomic E-state index is 15.2. The number of rotatable bonds is 5. The lowest BCUT2D eigenvalue weighted by Crippen LogP contribution is -2.54. The fourth-order valence-corrected chi connectivity index (χ4v) is 6.02. The van der Waals surface area contributed by atoms with Crippen LogP contribution >= 0.6 is 11.6 Å². The number of nitriles is 1. The second kappa shape index (κ2) is 11.9. The number of carbonyl (C=O) groups excluding carboxylic acids is 1. The molecule has 13 heteroatoms. The van der Waals surface area contributed by atoms with Gasteiger partial charge in [-0.05, 0) is 49.6 Å². The number of hydrogen-bond acceptors (Lipinski definition) is 7. The van der Waals surface area contributed by atoms with Crippen LogP contribution in [0.1, 0.15) is 43.5 Å². The molecule has 4 heterocycles. The molecule has 0 unspecified atom stereocenters. The van der Waals surface area contributed by atoms with Gasteiger partial charge >= 0.3 is 0 Å². The van der Waals surface area contributed by atoms with Crippen molar-refractivity contribution in [3.8, 4) is 23.0 Å². The minimum atomic E-state index is -1.80. The van der Waals surface area contributed by atoms with E-state index in [1.165, 1.54) is 16.7 Å².